The number of benzene rings is 2. The van der Waals surface area contributed by atoms with E-state index in [-0.39, 0.29) is 25.0 Å². The predicted octanol–water partition coefficient (Wildman–Crippen LogP) is 2.49. The van der Waals surface area contributed by atoms with Crippen LogP contribution < -0.4 is 15.0 Å². The standard InChI is InChI=1S/C21H24ClN3O3/c1-16-2-8-19(9-3-16)28-15-20(26)23-14-21(27)25-12-10-24(11-13-25)18-6-4-17(22)5-7-18/h2-9H,10-15H2,1H3,(H,23,26). The molecular weight excluding hydrogens is 378 g/mol. The first-order chi connectivity index (χ1) is 13.5. The number of hydrogen-bond acceptors (Lipinski definition) is 4. The van der Waals surface area contributed by atoms with Crippen LogP contribution in [0, 0.1) is 6.92 Å². The van der Waals surface area contributed by atoms with E-state index in [9.17, 15) is 9.59 Å². The Bertz CT molecular complexity index is 801. The Morgan fingerprint density at radius 3 is 2.29 bits per heavy atom. The van der Waals surface area contributed by atoms with Gasteiger partial charge in [0, 0.05) is 36.9 Å². The lowest BCUT2D eigenvalue weighted by atomic mass is 10.2. The molecule has 0 atom stereocenters. The summed E-state index contributed by atoms with van der Waals surface area (Å²) in [5.41, 5.74) is 2.22. The Hall–Kier alpha value is -2.73. The predicted molar refractivity (Wildman–Crippen MR) is 110 cm³/mol. The van der Waals surface area contributed by atoms with E-state index in [1.54, 1.807) is 4.90 Å². The number of amides is 2. The smallest absolute Gasteiger partial charge is 0.258 e. The summed E-state index contributed by atoms with van der Waals surface area (Å²) in [5, 5.41) is 3.34. The summed E-state index contributed by atoms with van der Waals surface area (Å²) in [6.45, 7) is 4.60. The summed E-state index contributed by atoms with van der Waals surface area (Å²) >= 11 is 5.92. The fraction of sp³-hybridized carbons (Fsp3) is 0.333. The first-order valence-corrected chi connectivity index (χ1v) is 9.63. The van der Waals surface area contributed by atoms with Gasteiger partial charge in [-0.2, -0.15) is 0 Å². The van der Waals surface area contributed by atoms with Crippen LogP contribution in [0.4, 0.5) is 5.69 Å². The molecule has 0 bridgehead atoms. The van der Waals surface area contributed by atoms with E-state index in [0.717, 1.165) is 24.3 Å². The molecule has 1 aliphatic rings. The number of carbonyl (C=O) groups is 2. The molecule has 0 saturated carbocycles. The number of aryl methyl sites for hydroxylation is 1. The van der Waals surface area contributed by atoms with Crippen molar-refractivity contribution in [3.05, 3.63) is 59.1 Å². The third kappa shape index (κ3) is 5.63. The Labute approximate surface area is 170 Å². The average Bonchev–Trinajstić information content (AvgIpc) is 2.72. The lowest BCUT2D eigenvalue weighted by molar-refractivity contribution is -0.133. The van der Waals surface area contributed by atoms with E-state index < -0.39 is 0 Å². The van der Waals surface area contributed by atoms with Gasteiger partial charge in [-0.15, -0.1) is 0 Å². The largest absolute Gasteiger partial charge is 0.484 e. The van der Waals surface area contributed by atoms with Crippen molar-refractivity contribution in [1.82, 2.24) is 10.2 Å². The maximum atomic E-state index is 12.3. The van der Waals surface area contributed by atoms with Crippen LogP contribution in [-0.4, -0.2) is 56.0 Å². The quantitative estimate of drug-likeness (QED) is 0.807. The van der Waals surface area contributed by atoms with Crippen molar-refractivity contribution in [2.24, 2.45) is 0 Å². The van der Waals surface area contributed by atoms with Crippen LogP contribution in [0.5, 0.6) is 5.75 Å². The highest BCUT2D eigenvalue weighted by Crippen LogP contribution is 2.19. The second-order valence-corrected chi connectivity index (χ2v) is 7.16. The normalized spacial score (nSPS) is 13.9. The number of nitrogens with zero attached hydrogens (tertiary/aromatic N) is 2. The first kappa shape index (κ1) is 20.0. The monoisotopic (exact) mass is 401 g/mol. The minimum absolute atomic E-state index is 0.0168. The Morgan fingerprint density at radius 1 is 1.00 bits per heavy atom. The Morgan fingerprint density at radius 2 is 1.64 bits per heavy atom. The third-order valence-corrected chi connectivity index (χ3v) is 4.90. The molecule has 2 aromatic rings. The molecule has 6 nitrogen and oxygen atoms in total. The highest BCUT2D eigenvalue weighted by molar-refractivity contribution is 6.30. The van der Waals surface area contributed by atoms with Gasteiger partial charge in [0.15, 0.2) is 6.61 Å². The summed E-state index contributed by atoms with van der Waals surface area (Å²) in [6.07, 6.45) is 0. The van der Waals surface area contributed by atoms with Gasteiger partial charge in [-0.3, -0.25) is 9.59 Å². The Balaban J connectivity index is 1.37. The van der Waals surface area contributed by atoms with Gasteiger partial charge in [0.05, 0.1) is 6.54 Å². The summed E-state index contributed by atoms with van der Waals surface area (Å²) in [4.78, 5) is 28.2. The topological polar surface area (TPSA) is 61.9 Å². The molecule has 7 heteroatoms. The molecule has 2 aromatic carbocycles. The molecule has 148 valence electrons. The van der Waals surface area contributed by atoms with Gasteiger partial charge in [-0.05, 0) is 43.3 Å². The summed E-state index contributed by atoms with van der Waals surface area (Å²) in [5.74, 6) is 0.235. The number of piperazine rings is 1. The van der Waals surface area contributed by atoms with Crippen LogP contribution in [0.3, 0.4) is 0 Å². The molecule has 1 aliphatic heterocycles. The van der Waals surface area contributed by atoms with Crippen LogP contribution >= 0.6 is 11.6 Å². The fourth-order valence-electron chi connectivity index (χ4n) is 2.99. The molecule has 0 unspecified atom stereocenters. The summed E-state index contributed by atoms with van der Waals surface area (Å²) in [6, 6.07) is 15.1. The van der Waals surface area contributed by atoms with Crippen LogP contribution in [0.15, 0.2) is 48.5 Å². The fourth-order valence-corrected chi connectivity index (χ4v) is 3.11. The van der Waals surface area contributed by atoms with Crippen molar-refractivity contribution in [3.63, 3.8) is 0 Å². The maximum Gasteiger partial charge on any atom is 0.258 e. The molecule has 2 amide bonds. The number of ether oxygens (including phenoxy) is 1. The zero-order valence-electron chi connectivity index (χ0n) is 15.9. The lowest BCUT2D eigenvalue weighted by Gasteiger charge is -2.36. The molecule has 1 heterocycles. The first-order valence-electron chi connectivity index (χ1n) is 9.26. The van der Waals surface area contributed by atoms with E-state index in [2.05, 4.69) is 10.2 Å². The van der Waals surface area contributed by atoms with Gasteiger partial charge >= 0.3 is 0 Å². The minimum Gasteiger partial charge on any atom is -0.484 e. The molecule has 0 aromatic heterocycles. The molecular formula is C21H24ClN3O3. The maximum absolute atomic E-state index is 12.3. The van der Waals surface area contributed by atoms with Crippen LogP contribution in [0.1, 0.15) is 5.56 Å². The SMILES string of the molecule is Cc1ccc(OCC(=O)NCC(=O)N2CCN(c3ccc(Cl)cc3)CC2)cc1. The molecule has 28 heavy (non-hydrogen) atoms. The van der Waals surface area contributed by atoms with Crippen LogP contribution in [-0.2, 0) is 9.59 Å². The van der Waals surface area contributed by atoms with E-state index in [1.807, 2.05) is 55.5 Å². The van der Waals surface area contributed by atoms with Crippen molar-refractivity contribution in [1.29, 1.82) is 0 Å². The van der Waals surface area contributed by atoms with Crippen LogP contribution in [0.2, 0.25) is 5.02 Å². The number of rotatable bonds is 6. The second-order valence-electron chi connectivity index (χ2n) is 6.72. The van der Waals surface area contributed by atoms with E-state index in [0.29, 0.717) is 23.9 Å². The number of hydrogen-bond donors (Lipinski definition) is 1. The summed E-state index contributed by atoms with van der Waals surface area (Å²) < 4.78 is 5.42. The second kappa shape index (κ2) is 9.46. The zero-order chi connectivity index (χ0) is 19.9. The number of nitrogens with one attached hydrogen (secondary N) is 1. The summed E-state index contributed by atoms with van der Waals surface area (Å²) in [7, 11) is 0. The van der Waals surface area contributed by atoms with Crippen molar-refractivity contribution >= 4 is 29.1 Å². The average molecular weight is 402 g/mol. The Kier molecular flexibility index (Phi) is 6.76. The number of carbonyl (C=O) groups excluding carboxylic acids is 2. The van der Waals surface area contributed by atoms with Crippen molar-refractivity contribution < 1.29 is 14.3 Å². The third-order valence-electron chi connectivity index (χ3n) is 4.65. The molecule has 1 saturated heterocycles. The lowest BCUT2D eigenvalue weighted by Crippen LogP contribution is -2.51. The minimum atomic E-state index is -0.311. The van der Waals surface area contributed by atoms with Crippen molar-refractivity contribution in [2.45, 2.75) is 6.92 Å². The van der Waals surface area contributed by atoms with Gasteiger partial charge in [-0.1, -0.05) is 29.3 Å². The highest BCUT2D eigenvalue weighted by Gasteiger charge is 2.21. The number of halogens is 1. The van der Waals surface area contributed by atoms with Gasteiger partial charge in [0.2, 0.25) is 5.91 Å². The highest BCUT2D eigenvalue weighted by atomic mass is 35.5. The van der Waals surface area contributed by atoms with Crippen molar-refractivity contribution in [3.8, 4) is 5.75 Å². The van der Waals surface area contributed by atoms with Crippen LogP contribution in [0.25, 0.3) is 0 Å². The van der Waals surface area contributed by atoms with Gasteiger partial charge in [0.1, 0.15) is 5.75 Å². The molecule has 1 N–H and O–H groups in total. The molecule has 0 spiro atoms. The zero-order valence-corrected chi connectivity index (χ0v) is 16.6. The molecule has 1 fully saturated rings. The van der Waals surface area contributed by atoms with Gasteiger partial charge in [0.25, 0.3) is 5.91 Å². The van der Waals surface area contributed by atoms with Crippen molar-refractivity contribution in [2.75, 3.05) is 44.2 Å². The molecule has 3 rings (SSSR count). The van der Waals surface area contributed by atoms with Gasteiger partial charge in [-0.25, -0.2) is 0 Å². The van der Waals surface area contributed by atoms with E-state index in [1.165, 1.54) is 0 Å². The van der Waals surface area contributed by atoms with Gasteiger partial charge < -0.3 is 19.9 Å². The van der Waals surface area contributed by atoms with E-state index in [4.69, 9.17) is 16.3 Å². The number of anilines is 1. The molecule has 0 radical (unpaired) electrons. The molecule has 0 aliphatic carbocycles. The van der Waals surface area contributed by atoms with E-state index >= 15 is 0 Å².